The summed E-state index contributed by atoms with van der Waals surface area (Å²) in [6.07, 6.45) is 1.47. The summed E-state index contributed by atoms with van der Waals surface area (Å²) in [6.45, 7) is 4.43. The van der Waals surface area contributed by atoms with Gasteiger partial charge in [0, 0.05) is 12.3 Å². The molecule has 2 N–H and O–H groups in total. The van der Waals surface area contributed by atoms with Gasteiger partial charge in [0.25, 0.3) is 0 Å². The van der Waals surface area contributed by atoms with Crippen LogP contribution in [0.15, 0.2) is 0 Å². The Labute approximate surface area is 56.4 Å². The Hall–Kier alpha value is -0.370. The van der Waals surface area contributed by atoms with E-state index in [9.17, 15) is 4.79 Å². The van der Waals surface area contributed by atoms with Crippen LogP contribution in [0, 0.1) is 5.92 Å². The largest absolute Gasteiger partial charge is 0.330 e. The van der Waals surface area contributed by atoms with Crippen molar-refractivity contribution >= 4 is 5.78 Å². The molecule has 2 heteroatoms. The highest BCUT2D eigenvalue weighted by Crippen LogP contribution is 2.03. The van der Waals surface area contributed by atoms with Crippen LogP contribution in [0.1, 0.15) is 26.7 Å². The minimum absolute atomic E-state index is 0.167. The zero-order chi connectivity index (χ0) is 7.28. The van der Waals surface area contributed by atoms with Gasteiger partial charge in [0.05, 0.1) is 0 Å². The van der Waals surface area contributed by atoms with Gasteiger partial charge in [0.15, 0.2) is 0 Å². The molecule has 0 aromatic rings. The number of hydrogen-bond acceptors (Lipinski definition) is 2. The predicted octanol–water partition coefficient (Wildman–Crippen LogP) is 0.950. The Morgan fingerprint density at radius 2 is 2.22 bits per heavy atom. The number of rotatable bonds is 4. The predicted molar refractivity (Wildman–Crippen MR) is 38.1 cm³/mol. The smallest absolute Gasteiger partial charge is 0.135 e. The molecule has 1 unspecified atom stereocenters. The van der Waals surface area contributed by atoms with E-state index in [4.69, 9.17) is 5.73 Å². The van der Waals surface area contributed by atoms with Crippen LogP contribution in [-0.4, -0.2) is 12.3 Å². The van der Waals surface area contributed by atoms with E-state index in [2.05, 4.69) is 0 Å². The van der Waals surface area contributed by atoms with E-state index in [0.717, 1.165) is 6.42 Å². The zero-order valence-electron chi connectivity index (χ0n) is 6.18. The van der Waals surface area contributed by atoms with Crippen LogP contribution in [0.2, 0.25) is 0 Å². The topological polar surface area (TPSA) is 43.1 Å². The Bertz CT molecular complexity index is 90.9. The van der Waals surface area contributed by atoms with Gasteiger partial charge in [0.2, 0.25) is 0 Å². The average molecular weight is 129 g/mol. The molecular formula is C7H15NO. The van der Waals surface area contributed by atoms with E-state index in [1.54, 1.807) is 0 Å². The molecule has 0 aliphatic carbocycles. The first-order valence-corrected chi connectivity index (χ1v) is 3.45. The van der Waals surface area contributed by atoms with Crippen molar-refractivity contribution in [1.82, 2.24) is 0 Å². The SMILES string of the molecule is CCC(=O)C(C)CCN. The fourth-order valence-electron chi connectivity index (χ4n) is 0.759. The lowest BCUT2D eigenvalue weighted by Crippen LogP contribution is -2.14. The van der Waals surface area contributed by atoms with Crippen molar-refractivity contribution in [2.75, 3.05) is 6.54 Å². The molecule has 0 amide bonds. The minimum atomic E-state index is 0.167. The number of nitrogens with two attached hydrogens (primary N) is 1. The maximum absolute atomic E-state index is 10.8. The van der Waals surface area contributed by atoms with E-state index >= 15 is 0 Å². The van der Waals surface area contributed by atoms with Crippen molar-refractivity contribution in [1.29, 1.82) is 0 Å². The van der Waals surface area contributed by atoms with Crippen LogP contribution >= 0.6 is 0 Å². The van der Waals surface area contributed by atoms with Crippen molar-refractivity contribution in [3.63, 3.8) is 0 Å². The summed E-state index contributed by atoms with van der Waals surface area (Å²) in [7, 11) is 0. The van der Waals surface area contributed by atoms with Gasteiger partial charge in [-0.2, -0.15) is 0 Å². The van der Waals surface area contributed by atoms with Crippen LogP contribution in [0.5, 0.6) is 0 Å². The van der Waals surface area contributed by atoms with Crippen LogP contribution in [0.25, 0.3) is 0 Å². The third-order valence-corrected chi connectivity index (χ3v) is 1.50. The van der Waals surface area contributed by atoms with Gasteiger partial charge in [0.1, 0.15) is 5.78 Å². The Kier molecular flexibility index (Phi) is 4.32. The molecule has 0 saturated carbocycles. The molecule has 54 valence electrons. The number of Topliss-reactive ketones (excluding diaryl/α,β-unsaturated/α-hetero) is 1. The maximum atomic E-state index is 10.8. The molecule has 1 atom stereocenters. The van der Waals surface area contributed by atoms with Crippen molar-refractivity contribution < 1.29 is 4.79 Å². The first-order chi connectivity index (χ1) is 4.22. The quantitative estimate of drug-likeness (QED) is 0.614. The van der Waals surface area contributed by atoms with Gasteiger partial charge >= 0.3 is 0 Å². The second kappa shape index (κ2) is 4.50. The van der Waals surface area contributed by atoms with Crippen molar-refractivity contribution in [3.05, 3.63) is 0 Å². The first kappa shape index (κ1) is 8.63. The molecular weight excluding hydrogens is 114 g/mol. The van der Waals surface area contributed by atoms with Crippen molar-refractivity contribution in [2.45, 2.75) is 26.7 Å². The Morgan fingerprint density at radius 3 is 2.56 bits per heavy atom. The van der Waals surface area contributed by atoms with Crippen LogP contribution in [-0.2, 0) is 4.79 Å². The normalized spacial score (nSPS) is 13.2. The van der Waals surface area contributed by atoms with Crippen LogP contribution < -0.4 is 5.73 Å². The molecule has 0 aromatic carbocycles. The molecule has 0 aliphatic rings. The lowest BCUT2D eigenvalue weighted by atomic mass is 10.0. The summed E-state index contributed by atoms with van der Waals surface area (Å²) < 4.78 is 0. The molecule has 0 radical (unpaired) electrons. The molecule has 0 fully saturated rings. The molecule has 9 heavy (non-hydrogen) atoms. The fourth-order valence-corrected chi connectivity index (χ4v) is 0.759. The van der Waals surface area contributed by atoms with Gasteiger partial charge in [-0.05, 0) is 13.0 Å². The van der Waals surface area contributed by atoms with Gasteiger partial charge in [-0.1, -0.05) is 13.8 Å². The summed E-state index contributed by atoms with van der Waals surface area (Å²) in [5, 5.41) is 0. The first-order valence-electron chi connectivity index (χ1n) is 3.45. The zero-order valence-corrected chi connectivity index (χ0v) is 6.18. The second-order valence-electron chi connectivity index (χ2n) is 2.30. The summed E-state index contributed by atoms with van der Waals surface area (Å²) in [6, 6.07) is 0. The molecule has 0 bridgehead atoms. The third-order valence-electron chi connectivity index (χ3n) is 1.50. The third kappa shape index (κ3) is 3.25. The van der Waals surface area contributed by atoms with Crippen molar-refractivity contribution in [2.24, 2.45) is 11.7 Å². The van der Waals surface area contributed by atoms with Crippen molar-refractivity contribution in [3.8, 4) is 0 Å². The van der Waals surface area contributed by atoms with Crippen LogP contribution in [0.4, 0.5) is 0 Å². The highest BCUT2D eigenvalue weighted by atomic mass is 16.1. The Balaban J connectivity index is 3.45. The molecule has 0 aromatic heterocycles. The number of hydrogen-bond donors (Lipinski definition) is 1. The van der Waals surface area contributed by atoms with E-state index in [-0.39, 0.29) is 5.92 Å². The summed E-state index contributed by atoms with van der Waals surface area (Å²) in [5.74, 6) is 0.487. The van der Waals surface area contributed by atoms with Gasteiger partial charge < -0.3 is 5.73 Å². The second-order valence-corrected chi connectivity index (χ2v) is 2.30. The maximum Gasteiger partial charge on any atom is 0.135 e. The Morgan fingerprint density at radius 1 is 1.67 bits per heavy atom. The molecule has 0 heterocycles. The highest BCUT2D eigenvalue weighted by molar-refractivity contribution is 5.80. The van der Waals surface area contributed by atoms with Crippen LogP contribution in [0.3, 0.4) is 0 Å². The van der Waals surface area contributed by atoms with Gasteiger partial charge in [-0.3, -0.25) is 4.79 Å². The molecule has 0 aliphatic heterocycles. The van der Waals surface area contributed by atoms with Gasteiger partial charge in [-0.25, -0.2) is 0 Å². The number of carbonyl (C=O) groups excluding carboxylic acids is 1. The van der Waals surface area contributed by atoms with E-state index in [1.165, 1.54) is 0 Å². The molecule has 2 nitrogen and oxygen atoms in total. The summed E-state index contributed by atoms with van der Waals surface area (Å²) >= 11 is 0. The van der Waals surface area contributed by atoms with Gasteiger partial charge in [-0.15, -0.1) is 0 Å². The lowest BCUT2D eigenvalue weighted by molar-refractivity contribution is -0.122. The highest BCUT2D eigenvalue weighted by Gasteiger charge is 2.07. The van der Waals surface area contributed by atoms with E-state index in [1.807, 2.05) is 13.8 Å². The fraction of sp³-hybridized carbons (Fsp3) is 0.857. The summed E-state index contributed by atoms with van der Waals surface area (Å²) in [5.41, 5.74) is 5.27. The molecule has 0 saturated heterocycles. The standard InChI is InChI=1S/C7H15NO/c1-3-7(9)6(2)4-5-8/h6H,3-5,8H2,1-2H3. The van der Waals surface area contributed by atoms with E-state index in [0.29, 0.717) is 18.7 Å². The van der Waals surface area contributed by atoms with E-state index < -0.39 is 0 Å². The lowest BCUT2D eigenvalue weighted by Gasteiger charge is -2.04. The molecule has 0 rings (SSSR count). The average Bonchev–Trinajstić information content (AvgIpc) is 1.87. The monoisotopic (exact) mass is 129 g/mol. The number of carbonyl (C=O) groups is 1. The molecule has 0 spiro atoms. The number of ketones is 1. The summed E-state index contributed by atoms with van der Waals surface area (Å²) in [4.78, 5) is 10.8. The minimum Gasteiger partial charge on any atom is -0.330 e.